The Morgan fingerprint density at radius 1 is 0.917 bits per heavy atom. The summed E-state index contributed by atoms with van der Waals surface area (Å²) in [7, 11) is 0. The summed E-state index contributed by atoms with van der Waals surface area (Å²) in [6.45, 7) is 0. The molecule has 0 amide bonds. The summed E-state index contributed by atoms with van der Waals surface area (Å²) in [5, 5.41) is 12.8. The molecule has 0 fully saturated rings. The van der Waals surface area contributed by atoms with Crippen LogP contribution in [0.5, 0.6) is 0 Å². The van der Waals surface area contributed by atoms with Crippen LogP contribution in [0, 0.1) is 0 Å². The average Bonchev–Trinajstić information content (AvgIpc) is 3.31. The van der Waals surface area contributed by atoms with E-state index in [1.54, 1.807) is 17.3 Å². The average molecular weight is 337 g/mol. The van der Waals surface area contributed by atoms with E-state index >= 15 is 0 Å². The molecule has 1 unspecified atom stereocenters. The lowest BCUT2D eigenvalue weighted by Gasteiger charge is -2.17. The largest absolute Gasteiger partial charge is 0.306 e. The Morgan fingerprint density at radius 3 is 2.21 bits per heavy atom. The molecule has 118 valence electrons. The minimum atomic E-state index is -0.165. The molecule has 2 aromatic carbocycles. The topological polar surface area (TPSA) is 61.4 Å². The van der Waals surface area contributed by atoms with E-state index in [1.807, 2.05) is 47.2 Å². The van der Waals surface area contributed by atoms with E-state index in [9.17, 15) is 0 Å². The Morgan fingerprint density at radius 2 is 1.62 bits per heavy atom. The van der Waals surface area contributed by atoms with Crippen molar-refractivity contribution in [3.63, 3.8) is 0 Å². The van der Waals surface area contributed by atoms with Crippen LogP contribution in [0.25, 0.3) is 5.69 Å². The molecule has 1 atom stereocenters. The molecule has 0 aliphatic carbocycles. The molecule has 7 heteroatoms. The maximum Gasteiger partial charge on any atom is 0.162 e. The van der Waals surface area contributed by atoms with E-state index in [0.717, 1.165) is 16.8 Å². The molecule has 24 heavy (non-hydrogen) atoms. The van der Waals surface area contributed by atoms with Gasteiger partial charge in [-0.3, -0.25) is 0 Å². The smallest absolute Gasteiger partial charge is 0.162 e. The van der Waals surface area contributed by atoms with Crippen molar-refractivity contribution in [3.05, 3.63) is 89.7 Å². The fraction of sp³-hybridized carbons (Fsp3) is 0.0588. The Bertz CT molecular complexity index is 899. The van der Waals surface area contributed by atoms with Crippen molar-refractivity contribution in [3.8, 4) is 5.69 Å². The minimum absolute atomic E-state index is 0.165. The fourth-order valence-electron chi connectivity index (χ4n) is 2.64. The van der Waals surface area contributed by atoms with Crippen LogP contribution in [0.1, 0.15) is 17.2 Å². The first kappa shape index (κ1) is 14.6. The SMILES string of the molecule is Clc1ccc(C(c2ccc(-n3ccnc3)cc2)n2ncnn2)cc1. The summed E-state index contributed by atoms with van der Waals surface area (Å²) in [4.78, 5) is 5.66. The normalized spacial score (nSPS) is 12.2. The number of rotatable bonds is 4. The van der Waals surface area contributed by atoms with Gasteiger partial charge in [0.2, 0.25) is 0 Å². The molecule has 4 aromatic rings. The molecule has 0 aliphatic rings. The van der Waals surface area contributed by atoms with Crippen molar-refractivity contribution in [2.75, 3.05) is 0 Å². The zero-order valence-electron chi connectivity index (χ0n) is 12.6. The molecule has 0 saturated carbocycles. The van der Waals surface area contributed by atoms with Gasteiger partial charge in [-0.25, -0.2) is 4.98 Å². The van der Waals surface area contributed by atoms with Gasteiger partial charge in [0.05, 0.1) is 6.33 Å². The van der Waals surface area contributed by atoms with Crippen LogP contribution in [0.4, 0.5) is 0 Å². The zero-order chi connectivity index (χ0) is 16.4. The van der Waals surface area contributed by atoms with Gasteiger partial charge in [0, 0.05) is 23.1 Å². The quantitative estimate of drug-likeness (QED) is 0.574. The van der Waals surface area contributed by atoms with Crippen molar-refractivity contribution in [2.45, 2.75) is 6.04 Å². The minimum Gasteiger partial charge on any atom is -0.306 e. The number of halogens is 1. The van der Waals surface area contributed by atoms with E-state index in [-0.39, 0.29) is 6.04 Å². The van der Waals surface area contributed by atoms with Crippen molar-refractivity contribution in [1.82, 2.24) is 29.8 Å². The predicted octanol–water partition coefficient (Wildman–Crippen LogP) is 3.15. The Kier molecular flexibility index (Phi) is 3.80. The van der Waals surface area contributed by atoms with Gasteiger partial charge in [-0.15, -0.1) is 10.2 Å². The first-order valence-corrected chi connectivity index (χ1v) is 7.75. The monoisotopic (exact) mass is 336 g/mol. The van der Waals surface area contributed by atoms with Crippen LogP contribution < -0.4 is 0 Å². The third kappa shape index (κ3) is 2.79. The highest BCUT2D eigenvalue weighted by atomic mass is 35.5. The molecular weight excluding hydrogens is 324 g/mol. The summed E-state index contributed by atoms with van der Waals surface area (Å²) in [5.41, 5.74) is 3.13. The maximum absolute atomic E-state index is 6.01. The lowest BCUT2D eigenvalue weighted by atomic mass is 9.99. The van der Waals surface area contributed by atoms with Gasteiger partial charge < -0.3 is 4.57 Å². The van der Waals surface area contributed by atoms with E-state index in [2.05, 4.69) is 32.5 Å². The first-order chi connectivity index (χ1) is 11.8. The van der Waals surface area contributed by atoms with Crippen LogP contribution in [-0.2, 0) is 0 Å². The number of nitrogens with zero attached hydrogens (tertiary/aromatic N) is 6. The van der Waals surface area contributed by atoms with Gasteiger partial charge in [-0.2, -0.15) is 4.80 Å². The Labute approximate surface area is 143 Å². The van der Waals surface area contributed by atoms with Crippen LogP contribution in [-0.4, -0.2) is 29.8 Å². The molecule has 0 spiro atoms. The van der Waals surface area contributed by atoms with E-state index in [1.165, 1.54) is 6.33 Å². The number of hydrogen-bond donors (Lipinski definition) is 0. The Hall–Kier alpha value is -2.99. The molecule has 0 radical (unpaired) electrons. The lowest BCUT2D eigenvalue weighted by molar-refractivity contribution is 0.504. The summed E-state index contributed by atoms with van der Waals surface area (Å²) in [5.74, 6) is 0. The van der Waals surface area contributed by atoms with Gasteiger partial charge in [0.25, 0.3) is 0 Å². The number of imidazole rings is 1. The van der Waals surface area contributed by atoms with Gasteiger partial charge in [-0.05, 0) is 40.6 Å². The van der Waals surface area contributed by atoms with Crippen LogP contribution in [0.2, 0.25) is 5.02 Å². The third-order valence-electron chi connectivity index (χ3n) is 3.79. The molecule has 2 heterocycles. The maximum atomic E-state index is 6.01. The molecule has 0 N–H and O–H groups in total. The van der Waals surface area contributed by atoms with E-state index in [0.29, 0.717) is 5.02 Å². The second-order valence-electron chi connectivity index (χ2n) is 5.27. The molecule has 2 aromatic heterocycles. The van der Waals surface area contributed by atoms with Gasteiger partial charge in [-0.1, -0.05) is 35.9 Å². The fourth-order valence-corrected chi connectivity index (χ4v) is 2.76. The van der Waals surface area contributed by atoms with E-state index < -0.39 is 0 Å². The van der Waals surface area contributed by atoms with Crippen LogP contribution in [0.15, 0.2) is 73.6 Å². The van der Waals surface area contributed by atoms with Crippen molar-refractivity contribution >= 4 is 11.6 Å². The standard InChI is InChI=1S/C17H13ClN6/c18-15-5-1-13(2-6-15)17(24-21-11-20-22-24)14-3-7-16(8-4-14)23-10-9-19-12-23/h1-12,17H. The number of tetrazole rings is 1. The number of hydrogen-bond acceptors (Lipinski definition) is 4. The predicted molar refractivity (Wildman–Crippen MR) is 90.1 cm³/mol. The molecule has 4 rings (SSSR count). The van der Waals surface area contributed by atoms with Crippen molar-refractivity contribution in [1.29, 1.82) is 0 Å². The molecular formula is C17H13ClN6. The second kappa shape index (κ2) is 6.25. The molecule has 0 saturated heterocycles. The summed E-state index contributed by atoms with van der Waals surface area (Å²) >= 11 is 6.01. The molecule has 6 nitrogen and oxygen atoms in total. The highest BCUT2D eigenvalue weighted by molar-refractivity contribution is 6.30. The number of aromatic nitrogens is 6. The molecule has 0 aliphatic heterocycles. The molecule has 0 bridgehead atoms. The number of benzene rings is 2. The van der Waals surface area contributed by atoms with Crippen molar-refractivity contribution in [2.24, 2.45) is 0 Å². The van der Waals surface area contributed by atoms with Crippen molar-refractivity contribution < 1.29 is 0 Å². The van der Waals surface area contributed by atoms with Gasteiger partial charge in [0.15, 0.2) is 6.33 Å². The summed E-state index contributed by atoms with van der Waals surface area (Å²) in [6.07, 6.45) is 6.86. The highest BCUT2D eigenvalue weighted by Crippen LogP contribution is 2.27. The van der Waals surface area contributed by atoms with Gasteiger partial charge >= 0.3 is 0 Å². The lowest BCUT2D eigenvalue weighted by Crippen LogP contribution is -2.15. The van der Waals surface area contributed by atoms with Crippen LogP contribution in [0.3, 0.4) is 0 Å². The van der Waals surface area contributed by atoms with Crippen LogP contribution >= 0.6 is 11.6 Å². The first-order valence-electron chi connectivity index (χ1n) is 7.37. The van der Waals surface area contributed by atoms with Gasteiger partial charge in [0.1, 0.15) is 6.04 Å². The second-order valence-corrected chi connectivity index (χ2v) is 5.71. The summed E-state index contributed by atoms with van der Waals surface area (Å²) < 4.78 is 1.95. The third-order valence-corrected chi connectivity index (χ3v) is 4.04. The highest BCUT2D eigenvalue weighted by Gasteiger charge is 2.18. The zero-order valence-corrected chi connectivity index (χ0v) is 13.3. The Balaban J connectivity index is 1.75. The summed E-state index contributed by atoms with van der Waals surface area (Å²) in [6, 6.07) is 15.7. The van der Waals surface area contributed by atoms with E-state index in [4.69, 9.17) is 11.6 Å².